The van der Waals surface area contributed by atoms with E-state index >= 15 is 0 Å². The van der Waals surface area contributed by atoms with Crippen LogP contribution in [0.5, 0.6) is 0 Å². The Morgan fingerprint density at radius 2 is 2.18 bits per heavy atom. The van der Waals surface area contributed by atoms with Crippen molar-refractivity contribution in [3.63, 3.8) is 0 Å². The number of hydrogen-bond acceptors (Lipinski definition) is 3. The molecular formula is C12H14BrN3O. The van der Waals surface area contributed by atoms with Crippen LogP contribution in [0.4, 0.5) is 5.82 Å². The minimum absolute atomic E-state index is 0.0282. The molecule has 0 unspecified atom stereocenters. The van der Waals surface area contributed by atoms with Gasteiger partial charge in [0.2, 0.25) is 0 Å². The second-order valence-corrected chi connectivity index (χ2v) is 4.74. The van der Waals surface area contributed by atoms with Crippen LogP contribution in [0.25, 0.3) is 11.3 Å². The maximum absolute atomic E-state index is 8.89. The monoisotopic (exact) mass is 295 g/mol. The summed E-state index contributed by atoms with van der Waals surface area (Å²) in [6.45, 7) is 2.48. The molecular weight excluding hydrogens is 282 g/mol. The number of benzene rings is 1. The molecule has 0 aliphatic carbocycles. The van der Waals surface area contributed by atoms with Gasteiger partial charge in [0.05, 0.1) is 18.8 Å². The van der Waals surface area contributed by atoms with Gasteiger partial charge in [0, 0.05) is 16.1 Å². The summed E-state index contributed by atoms with van der Waals surface area (Å²) in [6.07, 6.45) is 0. The van der Waals surface area contributed by atoms with Crippen LogP contribution in [-0.2, 0) is 6.54 Å². The van der Waals surface area contributed by atoms with E-state index < -0.39 is 0 Å². The van der Waals surface area contributed by atoms with E-state index in [-0.39, 0.29) is 6.61 Å². The molecule has 0 radical (unpaired) electrons. The van der Waals surface area contributed by atoms with Gasteiger partial charge in [-0.1, -0.05) is 28.1 Å². The van der Waals surface area contributed by atoms with Crippen molar-refractivity contribution in [3.8, 4) is 11.3 Å². The Morgan fingerprint density at radius 3 is 2.82 bits per heavy atom. The zero-order chi connectivity index (χ0) is 12.4. The van der Waals surface area contributed by atoms with E-state index in [4.69, 9.17) is 10.8 Å². The lowest BCUT2D eigenvalue weighted by atomic mass is 10.1. The summed E-state index contributed by atoms with van der Waals surface area (Å²) in [5.74, 6) is 0.557. The van der Waals surface area contributed by atoms with Crippen molar-refractivity contribution < 1.29 is 5.11 Å². The molecule has 0 amide bonds. The highest BCUT2D eigenvalue weighted by atomic mass is 79.9. The Labute approximate surface area is 108 Å². The lowest BCUT2D eigenvalue weighted by Crippen LogP contribution is -2.07. The molecule has 90 valence electrons. The van der Waals surface area contributed by atoms with E-state index in [2.05, 4.69) is 21.0 Å². The van der Waals surface area contributed by atoms with Crippen LogP contribution in [0.3, 0.4) is 0 Å². The third-order valence-electron chi connectivity index (χ3n) is 2.52. The largest absolute Gasteiger partial charge is 0.394 e. The standard InChI is InChI=1S/C12H14BrN3O/c1-8-2-3-9(10(13)6-8)11-7-12(14)16(15-11)4-5-17/h2-3,6-7,17H,4-5,14H2,1H3. The Balaban J connectivity index is 2.42. The molecule has 17 heavy (non-hydrogen) atoms. The molecule has 3 N–H and O–H groups in total. The Bertz CT molecular complexity index is 537. The smallest absolute Gasteiger partial charge is 0.122 e. The van der Waals surface area contributed by atoms with E-state index in [0.717, 1.165) is 15.7 Å². The van der Waals surface area contributed by atoms with E-state index in [9.17, 15) is 0 Å². The van der Waals surface area contributed by atoms with Crippen molar-refractivity contribution in [1.29, 1.82) is 0 Å². The van der Waals surface area contributed by atoms with Gasteiger partial charge in [-0.3, -0.25) is 0 Å². The first-order valence-corrected chi connectivity index (χ1v) is 6.12. The third-order valence-corrected chi connectivity index (χ3v) is 3.18. The number of anilines is 1. The fraction of sp³-hybridized carbons (Fsp3) is 0.250. The zero-order valence-electron chi connectivity index (χ0n) is 9.52. The molecule has 1 heterocycles. The second-order valence-electron chi connectivity index (χ2n) is 3.88. The molecule has 1 aromatic heterocycles. The number of aliphatic hydroxyl groups is 1. The van der Waals surface area contributed by atoms with Crippen molar-refractivity contribution in [2.24, 2.45) is 0 Å². The minimum atomic E-state index is 0.0282. The van der Waals surface area contributed by atoms with Crippen LogP contribution in [-0.4, -0.2) is 21.5 Å². The SMILES string of the molecule is Cc1ccc(-c2cc(N)n(CCO)n2)c(Br)c1. The first-order chi connectivity index (χ1) is 8.11. The normalized spacial score (nSPS) is 10.8. The number of rotatable bonds is 3. The zero-order valence-corrected chi connectivity index (χ0v) is 11.1. The van der Waals surface area contributed by atoms with Crippen molar-refractivity contribution in [3.05, 3.63) is 34.3 Å². The summed E-state index contributed by atoms with van der Waals surface area (Å²) in [5, 5.41) is 13.3. The third kappa shape index (κ3) is 2.50. The van der Waals surface area contributed by atoms with Gasteiger partial charge in [-0.05, 0) is 18.6 Å². The van der Waals surface area contributed by atoms with Gasteiger partial charge in [0.1, 0.15) is 5.82 Å². The molecule has 0 bridgehead atoms. The highest BCUT2D eigenvalue weighted by molar-refractivity contribution is 9.10. The fourth-order valence-electron chi connectivity index (χ4n) is 1.66. The number of nitrogens with zero attached hydrogens (tertiary/aromatic N) is 2. The first kappa shape index (κ1) is 12.1. The summed E-state index contributed by atoms with van der Waals surface area (Å²) < 4.78 is 2.59. The maximum atomic E-state index is 8.89. The molecule has 0 aliphatic heterocycles. The highest BCUT2D eigenvalue weighted by Crippen LogP contribution is 2.29. The quantitative estimate of drug-likeness (QED) is 0.912. The van der Waals surface area contributed by atoms with Gasteiger partial charge in [0.25, 0.3) is 0 Å². The minimum Gasteiger partial charge on any atom is -0.394 e. The molecule has 2 aromatic rings. The van der Waals surface area contributed by atoms with Crippen LogP contribution in [0.2, 0.25) is 0 Å². The van der Waals surface area contributed by atoms with E-state index in [1.54, 1.807) is 4.68 Å². The second kappa shape index (κ2) is 4.89. The van der Waals surface area contributed by atoms with Crippen LogP contribution in [0, 0.1) is 6.92 Å². The van der Waals surface area contributed by atoms with Gasteiger partial charge in [0.15, 0.2) is 0 Å². The van der Waals surface area contributed by atoms with Gasteiger partial charge >= 0.3 is 0 Å². The lowest BCUT2D eigenvalue weighted by Gasteiger charge is -2.02. The van der Waals surface area contributed by atoms with Crippen LogP contribution < -0.4 is 5.73 Å². The van der Waals surface area contributed by atoms with E-state index in [1.165, 1.54) is 5.56 Å². The number of halogens is 1. The molecule has 0 aliphatic rings. The molecule has 0 saturated heterocycles. The lowest BCUT2D eigenvalue weighted by molar-refractivity contribution is 0.270. The summed E-state index contributed by atoms with van der Waals surface area (Å²) in [4.78, 5) is 0. The van der Waals surface area contributed by atoms with Crippen molar-refractivity contribution in [2.75, 3.05) is 12.3 Å². The number of aryl methyl sites for hydroxylation is 1. The van der Waals surface area contributed by atoms with Crippen LogP contribution in [0.1, 0.15) is 5.56 Å². The van der Waals surface area contributed by atoms with Gasteiger partial charge < -0.3 is 10.8 Å². The summed E-state index contributed by atoms with van der Waals surface area (Å²) in [5.41, 5.74) is 8.81. The van der Waals surface area contributed by atoms with Crippen molar-refractivity contribution in [2.45, 2.75) is 13.5 Å². The Morgan fingerprint density at radius 1 is 1.41 bits per heavy atom. The average molecular weight is 296 g/mol. The van der Waals surface area contributed by atoms with Crippen molar-refractivity contribution >= 4 is 21.7 Å². The van der Waals surface area contributed by atoms with Gasteiger partial charge in [-0.15, -0.1) is 0 Å². The van der Waals surface area contributed by atoms with Gasteiger partial charge in [-0.2, -0.15) is 5.10 Å². The van der Waals surface area contributed by atoms with Gasteiger partial charge in [-0.25, -0.2) is 4.68 Å². The number of aliphatic hydroxyl groups excluding tert-OH is 1. The molecule has 0 spiro atoms. The maximum Gasteiger partial charge on any atom is 0.122 e. The Kier molecular flexibility index (Phi) is 3.49. The summed E-state index contributed by atoms with van der Waals surface area (Å²) in [7, 11) is 0. The molecule has 0 saturated carbocycles. The molecule has 0 atom stereocenters. The summed E-state index contributed by atoms with van der Waals surface area (Å²) in [6, 6.07) is 7.88. The number of aromatic nitrogens is 2. The molecule has 0 fully saturated rings. The molecule has 1 aromatic carbocycles. The van der Waals surface area contributed by atoms with Crippen molar-refractivity contribution in [1.82, 2.24) is 9.78 Å². The van der Waals surface area contributed by atoms with Crippen LogP contribution in [0.15, 0.2) is 28.7 Å². The van der Waals surface area contributed by atoms with E-state index in [0.29, 0.717) is 12.4 Å². The average Bonchev–Trinajstić information content (AvgIpc) is 2.60. The molecule has 5 heteroatoms. The first-order valence-electron chi connectivity index (χ1n) is 5.32. The molecule has 2 rings (SSSR count). The fourth-order valence-corrected chi connectivity index (χ4v) is 2.36. The van der Waals surface area contributed by atoms with Crippen LogP contribution >= 0.6 is 15.9 Å². The number of nitrogen functional groups attached to an aromatic ring is 1. The predicted octanol–water partition coefficient (Wildman–Crippen LogP) is 2.20. The molecule has 4 nitrogen and oxygen atoms in total. The van der Waals surface area contributed by atoms with E-state index in [1.807, 2.05) is 31.2 Å². The number of hydrogen-bond donors (Lipinski definition) is 2. The topological polar surface area (TPSA) is 64.1 Å². The highest BCUT2D eigenvalue weighted by Gasteiger charge is 2.09. The Hall–Kier alpha value is -1.33. The summed E-state index contributed by atoms with van der Waals surface area (Å²) >= 11 is 3.52. The number of nitrogens with two attached hydrogens (primary N) is 1. The predicted molar refractivity (Wildman–Crippen MR) is 71.6 cm³/mol.